The first kappa shape index (κ1) is 14.0. The van der Waals surface area contributed by atoms with Crippen LogP contribution >= 0.6 is 0 Å². The molecule has 0 aromatic rings. The van der Waals surface area contributed by atoms with Gasteiger partial charge in [-0.15, -0.1) is 0 Å². The summed E-state index contributed by atoms with van der Waals surface area (Å²) in [6.45, 7) is 6.00. The van der Waals surface area contributed by atoms with Gasteiger partial charge in [0.25, 0.3) is 0 Å². The first-order valence-corrected chi connectivity index (χ1v) is 8.32. The molecule has 1 N–H and O–H groups in total. The maximum absolute atomic E-state index is 11.3. The summed E-state index contributed by atoms with van der Waals surface area (Å²) in [5.41, 5.74) is 0. The molecule has 1 rings (SSSR count). The van der Waals surface area contributed by atoms with Gasteiger partial charge in [0.1, 0.15) is 9.84 Å². The zero-order valence-corrected chi connectivity index (χ0v) is 11.4. The van der Waals surface area contributed by atoms with Crippen LogP contribution in [0.1, 0.15) is 39.5 Å². The van der Waals surface area contributed by atoms with Gasteiger partial charge in [-0.05, 0) is 50.6 Å². The standard InChI is InChI=1S/C12H25NO2S/c1-3-13-10-12-8-7-11(12)6-5-9-16(14,15)4-2/h11-13H,3-10H2,1-2H3. The summed E-state index contributed by atoms with van der Waals surface area (Å²) >= 11 is 0. The molecule has 96 valence electrons. The van der Waals surface area contributed by atoms with Crippen molar-refractivity contribution in [2.24, 2.45) is 11.8 Å². The molecule has 0 saturated heterocycles. The van der Waals surface area contributed by atoms with Crippen molar-refractivity contribution < 1.29 is 8.42 Å². The lowest BCUT2D eigenvalue weighted by atomic mass is 9.71. The van der Waals surface area contributed by atoms with Crippen LogP contribution in [0.25, 0.3) is 0 Å². The van der Waals surface area contributed by atoms with Gasteiger partial charge in [-0.2, -0.15) is 0 Å². The molecule has 3 nitrogen and oxygen atoms in total. The Kier molecular flexibility index (Phi) is 5.76. The average Bonchev–Trinajstić information content (AvgIpc) is 2.23. The summed E-state index contributed by atoms with van der Waals surface area (Å²) in [6, 6.07) is 0. The largest absolute Gasteiger partial charge is 0.317 e. The summed E-state index contributed by atoms with van der Waals surface area (Å²) < 4.78 is 22.7. The zero-order chi connectivity index (χ0) is 12.0. The van der Waals surface area contributed by atoms with E-state index in [0.29, 0.717) is 11.5 Å². The van der Waals surface area contributed by atoms with Crippen molar-refractivity contribution >= 4 is 9.84 Å². The molecule has 0 aromatic heterocycles. The SMILES string of the molecule is CCNCC1CCC1CCCS(=O)(=O)CC. The van der Waals surface area contributed by atoms with Gasteiger partial charge in [0.2, 0.25) is 0 Å². The van der Waals surface area contributed by atoms with E-state index in [2.05, 4.69) is 12.2 Å². The molecule has 0 heterocycles. The van der Waals surface area contributed by atoms with Gasteiger partial charge in [-0.1, -0.05) is 13.8 Å². The van der Waals surface area contributed by atoms with Crippen molar-refractivity contribution in [2.75, 3.05) is 24.6 Å². The van der Waals surface area contributed by atoms with Gasteiger partial charge < -0.3 is 5.32 Å². The van der Waals surface area contributed by atoms with Crippen LogP contribution < -0.4 is 5.32 Å². The fraction of sp³-hybridized carbons (Fsp3) is 1.00. The Hall–Kier alpha value is -0.0900. The molecule has 2 atom stereocenters. The Morgan fingerprint density at radius 2 is 1.88 bits per heavy atom. The normalized spacial score (nSPS) is 25.4. The van der Waals surface area contributed by atoms with Gasteiger partial charge >= 0.3 is 0 Å². The van der Waals surface area contributed by atoms with E-state index in [1.54, 1.807) is 6.92 Å². The zero-order valence-electron chi connectivity index (χ0n) is 10.5. The maximum atomic E-state index is 11.3. The van der Waals surface area contributed by atoms with Gasteiger partial charge in [-0.3, -0.25) is 0 Å². The molecule has 1 aliphatic carbocycles. The minimum Gasteiger partial charge on any atom is -0.317 e. The second-order valence-corrected chi connectivity index (χ2v) is 7.26. The third kappa shape index (κ3) is 4.42. The fourth-order valence-electron chi connectivity index (χ4n) is 2.33. The molecule has 0 spiro atoms. The van der Waals surface area contributed by atoms with Crippen molar-refractivity contribution in [3.63, 3.8) is 0 Å². The van der Waals surface area contributed by atoms with E-state index in [0.717, 1.165) is 37.8 Å². The van der Waals surface area contributed by atoms with Crippen molar-refractivity contribution in [1.29, 1.82) is 0 Å². The van der Waals surface area contributed by atoms with Gasteiger partial charge in [0.15, 0.2) is 0 Å². The predicted octanol–water partition coefficient (Wildman–Crippen LogP) is 1.84. The molecule has 1 fully saturated rings. The molecule has 16 heavy (non-hydrogen) atoms. The lowest BCUT2D eigenvalue weighted by Crippen LogP contribution is -2.35. The van der Waals surface area contributed by atoms with E-state index < -0.39 is 9.84 Å². The molecule has 0 aromatic carbocycles. The predicted molar refractivity (Wildman–Crippen MR) is 68.3 cm³/mol. The summed E-state index contributed by atoms with van der Waals surface area (Å²) in [4.78, 5) is 0. The second kappa shape index (κ2) is 6.60. The first-order valence-electron chi connectivity index (χ1n) is 6.50. The average molecular weight is 247 g/mol. The summed E-state index contributed by atoms with van der Waals surface area (Å²) in [5, 5.41) is 3.38. The van der Waals surface area contributed by atoms with Crippen LogP contribution in [-0.4, -0.2) is 33.0 Å². The minimum absolute atomic E-state index is 0.290. The van der Waals surface area contributed by atoms with Gasteiger partial charge in [0, 0.05) is 5.75 Å². The van der Waals surface area contributed by atoms with Crippen LogP contribution in [0.3, 0.4) is 0 Å². The van der Waals surface area contributed by atoms with Gasteiger partial charge in [-0.25, -0.2) is 8.42 Å². The third-order valence-corrected chi connectivity index (χ3v) is 5.49. The van der Waals surface area contributed by atoms with Crippen molar-refractivity contribution in [1.82, 2.24) is 5.32 Å². The summed E-state index contributed by atoms with van der Waals surface area (Å²) in [6.07, 6.45) is 4.55. The quantitative estimate of drug-likeness (QED) is 0.712. The highest BCUT2D eigenvalue weighted by molar-refractivity contribution is 7.91. The fourth-order valence-corrected chi connectivity index (χ4v) is 3.22. The Morgan fingerprint density at radius 1 is 1.19 bits per heavy atom. The van der Waals surface area contributed by atoms with E-state index in [1.807, 2.05) is 0 Å². The lowest BCUT2D eigenvalue weighted by Gasteiger charge is -2.37. The number of rotatable bonds is 8. The van der Waals surface area contributed by atoms with Crippen molar-refractivity contribution in [3.05, 3.63) is 0 Å². The molecular weight excluding hydrogens is 222 g/mol. The van der Waals surface area contributed by atoms with Crippen molar-refractivity contribution in [3.8, 4) is 0 Å². The van der Waals surface area contributed by atoms with Crippen molar-refractivity contribution in [2.45, 2.75) is 39.5 Å². The number of nitrogens with one attached hydrogen (secondary N) is 1. The molecule has 2 unspecified atom stereocenters. The van der Waals surface area contributed by atoms with Crippen LogP contribution in [-0.2, 0) is 9.84 Å². The highest BCUT2D eigenvalue weighted by Crippen LogP contribution is 2.37. The molecule has 0 amide bonds. The number of sulfone groups is 1. The topological polar surface area (TPSA) is 46.2 Å². The minimum atomic E-state index is -2.75. The molecule has 0 radical (unpaired) electrons. The Bertz CT molecular complexity index is 287. The van der Waals surface area contributed by atoms with E-state index in [9.17, 15) is 8.42 Å². The van der Waals surface area contributed by atoms with E-state index in [4.69, 9.17) is 0 Å². The summed E-state index contributed by atoms with van der Waals surface area (Å²) in [5.74, 6) is 2.24. The van der Waals surface area contributed by atoms with Crippen LogP contribution in [0, 0.1) is 11.8 Å². The van der Waals surface area contributed by atoms with Crippen LogP contribution in [0.15, 0.2) is 0 Å². The molecule has 1 aliphatic rings. The number of hydrogen-bond acceptors (Lipinski definition) is 3. The monoisotopic (exact) mass is 247 g/mol. The van der Waals surface area contributed by atoms with Crippen LogP contribution in [0.5, 0.6) is 0 Å². The number of hydrogen-bond donors (Lipinski definition) is 1. The maximum Gasteiger partial charge on any atom is 0.150 e. The first-order chi connectivity index (χ1) is 7.59. The molecule has 4 heteroatoms. The lowest BCUT2D eigenvalue weighted by molar-refractivity contribution is 0.160. The summed E-state index contributed by atoms with van der Waals surface area (Å²) in [7, 11) is -2.75. The molecule has 0 bridgehead atoms. The second-order valence-electron chi connectivity index (χ2n) is 4.78. The molecular formula is C12H25NO2S. The Balaban J connectivity index is 2.14. The Morgan fingerprint density at radius 3 is 2.38 bits per heavy atom. The van der Waals surface area contributed by atoms with E-state index in [-0.39, 0.29) is 0 Å². The molecule has 0 aliphatic heterocycles. The van der Waals surface area contributed by atoms with E-state index >= 15 is 0 Å². The van der Waals surface area contributed by atoms with Gasteiger partial charge in [0.05, 0.1) is 5.75 Å². The highest BCUT2D eigenvalue weighted by Gasteiger charge is 2.29. The Labute approximate surface area is 99.9 Å². The molecule has 1 saturated carbocycles. The van der Waals surface area contributed by atoms with Crippen LogP contribution in [0.4, 0.5) is 0 Å². The highest BCUT2D eigenvalue weighted by atomic mass is 32.2. The third-order valence-electron chi connectivity index (χ3n) is 3.70. The van der Waals surface area contributed by atoms with E-state index in [1.165, 1.54) is 12.8 Å². The van der Waals surface area contributed by atoms with Crippen LogP contribution in [0.2, 0.25) is 0 Å². The smallest absolute Gasteiger partial charge is 0.150 e.